The molecule has 1 aliphatic rings. The molecule has 4 heteroatoms. The normalized spacial score (nSPS) is 17.8. The van der Waals surface area contributed by atoms with Crippen LogP contribution in [0.3, 0.4) is 0 Å². The molecule has 0 amide bonds. The van der Waals surface area contributed by atoms with Gasteiger partial charge in [-0.2, -0.15) is 0 Å². The van der Waals surface area contributed by atoms with Gasteiger partial charge in [-0.15, -0.1) is 0 Å². The van der Waals surface area contributed by atoms with Crippen molar-refractivity contribution in [3.8, 4) is 0 Å². The topological polar surface area (TPSA) is 41.6 Å². The third-order valence-corrected chi connectivity index (χ3v) is 3.94. The summed E-state index contributed by atoms with van der Waals surface area (Å²) in [4.78, 5) is 14.7. The van der Waals surface area contributed by atoms with Crippen LogP contribution in [0.1, 0.15) is 25.3 Å². The van der Waals surface area contributed by atoms with Gasteiger partial charge in [-0.05, 0) is 32.0 Å². The number of ether oxygens (including phenoxy) is 1. The van der Waals surface area contributed by atoms with Gasteiger partial charge in [-0.1, -0.05) is 37.3 Å². The molecule has 1 unspecified atom stereocenters. The maximum absolute atomic E-state index is 12.5. The number of carbonyl (C=O) groups excluding carboxylic acids is 1. The van der Waals surface area contributed by atoms with Crippen LogP contribution in [0.15, 0.2) is 30.3 Å². The molecule has 0 saturated heterocycles. The van der Waals surface area contributed by atoms with E-state index in [-0.39, 0.29) is 5.97 Å². The summed E-state index contributed by atoms with van der Waals surface area (Å²) in [6, 6.07) is 10.5. The number of rotatable bonds is 7. The molecular formula is C16H24N2O2. The molecule has 1 aliphatic carbocycles. The second-order valence-corrected chi connectivity index (χ2v) is 5.44. The van der Waals surface area contributed by atoms with Crippen molar-refractivity contribution < 1.29 is 9.53 Å². The number of hydrogen-bond acceptors (Lipinski definition) is 4. The lowest BCUT2D eigenvalue weighted by Crippen LogP contribution is -2.56. The number of esters is 1. The molecular weight excluding hydrogens is 252 g/mol. The van der Waals surface area contributed by atoms with Crippen LogP contribution in [0, 0.1) is 0 Å². The molecule has 2 rings (SSSR count). The van der Waals surface area contributed by atoms with E-state index in [0.717, 1.165) is 5.56 Å². The summed E-state index contributed by atoms with van der Waals surface area (Å²) in [6.45, 7) is 3.35. The molecule has 1 atom stereocenters. The fourth-order valence-electron chi connectivity index (χ4n) is 2.72. The van der Waals surface area contributed by atoms with Gasteiger partial charge in [-0.3, -0.25) is 5.32 Å². The van der Waals surface area contributed by atoms with E-state index in [9.17, 15) is 4.79 Å². The first kappa shape index (κ1) is 15.0. The molecule has 20 heavy (non-hydrogen) atoms. The summed E-state index contributed by atoms with van der Waals surface area (Å²) in [5.74, 6) is -0.224. The van der Waals surface area contributed by atoms with E-state index in [1.165, 1.54) is 20.0 Å². The summed E-state index contributed by atoms with van der Waals surface area (Å²) in [5, 5.41) is 3.36. The van der Waals surface area contributed by atoms with Crippen LogP contribution in [0.2, 0.25) is 0 Å². The van der Waals surface area contributed by atoms with E-state index < -0.39 is 5.54 Å². The van der Waals surface area contributed by atoms with Gasteiger partial charge >= 0.3 is 5.97 Å². The summed E-state index contributed by atoms with van der Waals surface area (Å²) in [5.41, 5.74) is 0.170. The molecule has 1 fully saturated rings. The van der Waals surface area contributed by atoms with E-state index in [4.69, 9.17) is 4.74 Å². The zero-order valence-corrected chi connectivity index (χ0v) is 12.6. The Balaban J connectivity index is 2.35. The maximum atomic E-state index is 12.5. The molecule has 0 aromatic heterocycles. The predicted octanol–water partition coefficient (Wildman–Crippen LogP) is 1.76. The number of hydrogen-bond donors (Lipinski definition) is 1. The number of nitrogens with one attached hydrogen (secondary N) is 1. The number of nitrogens with zero attached hydrogens (tertiary/aromatic N) is 1. The van der Waals surface area contributed by atoms with Crippen molar-refractivity contribution in [3.05, 3.63) is 35.9 Å². The minimum absolute atomic E-state index is 0.224. The van der Waals surface area contributed by atoms with Gasteiger partial charge in [0.2, 0.25) is 0 Å². The second-order valence-electron chi connectivity index (χ2n) is 5.44. The van der Waals surface area contributed by atoms with Gasteiger partial charge in [0, 0.05) is 12.6 Å². The monoisotopic (exact) mass is 276 g/mol. The minimum Gasteiger partial charge on any atom is -0.467 e. The second kappa shape index (κ2) is 6.37. The van der Waals surface area contributed by atoms with Crippen LogP contribution in [0.5, 0.6) is 0 Å². The fourth-order valence-corrected chi connectivity index (χ4v) is 2.72. The Morgan fingerprint density at radius 1 is 1.40 bits per heavy atom. The predicted molar refractivity (Wildman–Crippen MR) is 79.5 cm³/mol. The van der Waals surface area contributed by atoms with Crippen molar-refractivity contribution in [1.82, 2.24) is 10.2 Å². The Kier molecular flexibility index (Phi) is 4.78. The highest BCUT2D eigenvalue weighted by molar-refractivity contribution is 5.83. The highest BCUT2D eigenvalue weighted by atomic mass is 16.5. The van der Waals surface area contributed by atoms with Gasteiger partial charge in [-0.25, -0.2) is 4.79 Å². The lowest BCUT2D eigenvalue weighted by Gasteiger charge is -2.36. The zero-order chi connectivity index (χ0) is 14.6. The first-order valence-electron chi connectivity index (χ1n) is 7.23. The van der Waals surface area contributed by atoms with Crippen molar-refractivity contribution in [2.75, 3.05) is 27.2 Å². The van der Waals surface area contributed by atoms with Crippen LogP contribution in [-0.2, 0) is 15.1 Å². The van der Waals surface area contributed by atoms with E-state index >= 15 is 0 Å². The Morgan fingerprint density at radius 3 is 2.55 bits per heavy atom. The zero-order valence-electron chi connectivity index (χ0n) is 12.6. The number of methoxy groups -OCH3 is 1. The highest BCUT2D eigenvalue weighted by Gasteiger charge is 2.43. The Labute approximate surface area is 121 Å². The van der Waals surface area contributed by atoms with E-state index in [1.807, 2.05) is 37.3 Å². The standard InChI is InChI=1S/C16H24N2O2/c1-4-17-16(15(19)20-3,12-18(2)14-10-11-14)13-8-6-5-7-9-13/h5-9,14,17H,4,10-12H2,1-3H3. The molecule has 4 nitrogen and oxygen atoms in total. The largest absolute Gasteiger partial charge is 0.467 e. The Bertz CT molecular complexity index is 445. The van der Waals surface area contributed by atoms with Crippen molar-refractivity contribution in [1.29, 1.82) is 0 Å². The molecule has 1 aromatic rings. The minimum atomic E-state index is -0.790. The molecule has 110 valence electrons. The lowest BCUT2D eigenvalue weighted by molar-refractivity contribution is -0.150. The smallest absolute Gasteiger partial charge is 0.332 e. The fraction of sp³-hybridized carbons (Fsp3) is 0.562. The van der Waals surface area contributed by atoms with Crippen LogP contribution >= 0.6 is 0 Å². The number of carbonyl (C=O) groups is 1. The molecule has 0 aliphatic heterocycles. The molecule has 1 aromatic carbocycles. The van der Waals surface area contributed by atoms with Gasteiger partial charge < -0.3 is 9.64 Å². The molecule has 0 radical (unpaired) electrons. The molecule has 1 saturated carbocycles. The van der Waals surface area contributed by atoms with Crippen LogP contribution in [0.25, 0.3) is 0 Å². The lowest BCUT2D eigenvalue weighted by atomic mass is 9.89. The first-order chi connectivity index (χ1) is 9.64. The highest BCUT2D eigenvalue weighted by Crippen LogP contribution is 2.30. The SMILES string of the molecule is CCNC(CN(C)C1CC1)(C(=O)OC)c1ccccc1. The molecule has 0 bridgehead atoms. The molecule has 0 heterocycles. The van der Waals surface area contributed by atoms with E-state index in [2.05, 4.69) is 17.3 Å². The average molecular weight is 276 g/mol. The van der Waals surface area contributed by atoms with Crippen molar-refractivity contribution in [2.45, 2.75) is 31.3 Å². The van der Waals surface area contributed by atoms with E-state index in [0.29, 0.717) is 19.1 Å². The van der Waals surface area contributed by atoms with Crippen LogP contribution in [-0.4, -0.2) is 44.2 Å². The summed E-state index contributed by atoms with van der Waals surface area (Å²) in [7, 11) is 3.53. The van der Waals surface area contributed by atoms with E-state index in [1.54, 1.807) is 0 Å². The summed E-state index contributed by atoms with van der Waals surface area (Å²) < 4.78 is 5.10. The Hall–Kier alpha value is -1.39. The average Bonchev–Trinajstić information content (AvgIpc) is 3.31. The quantitative estimate of drug-likeness (QED) is 0.771. The van der Waals surface area contributed by atoms with Gasteiger partial charge in [0.1, 0.15) is 0 Å². The van der Waals surface area contributed by atoms with Crippen LogP contribution < -0.4 is 5.32 Å². The van der Waals surface area contributed by atoms with Gasteiger partial charge in [0.25, 0.3) is 0 Å². The van der Waals surface area contributed by atoms with Gasteiger partial charge in [0.05, 0.1) is 7.11 Å². The number of benzene rings is 1. The number of likely N-dealkylation sites (N-methyl/N-ethyl adjacent to an activating group) is 2. The van der Waals surface area contributed by atoms with Crippen molar-refractivity contribution >= 4 is 5.97 Å². The summed E-state index contributed by atoms with van der Waals surface area (Å²) in [6.07, 6.45) is 2.43. The first-order valence-corrected chi connectivity index (χ1v) is 7.23. The molecule has 1 N–H and O–H groups in total. The van der Waals surface area contributed by atoms with Crippen molar-refractivity contribution in [2.24, 2.45) is 0 Å². The summed E-state index contributed by atoms with van der Waals surface area (Å²) >= 11 is 0. The Morgan fingerprint density at radius 2 is 2.05 bits per heavy atom. The third-order valence-electron chi connectivity index (χ3n) is 3.94. The van der Waals surface area contributed by atoms with Gasteiger partial charge in [0.15, 0.2) is 5.54 Å². The van der Waals surface area contributed by atoms with Crippen LogP contribution in [0.4, 0.5) is 0 Å². The van der Waals surface area contributed by atoms with Crippen molar-refractivity contribution in [3.63, 3.8) is 0 Å². The molecule has 0 spiro atoms. The maximum Gasteiger partial charge on any atom is 0.332 e. The third kappa shape index (κ3) is 3.02.